The Bertz CT molecular complexity index is 840. The van der Waals surface area contributed by atoms with Gasteiger partial charge in [-0.15, -0.1) is 0 Å². The summed E-state index contributed by atoms with van der Waals surface area (Å²) in [6.45, 7) is 3.65. The van der Waals surface area contributed by atoms with E-state index in [2.05, 4.69) is 27.2 Å². The third-order valence-electron chi connectivity index (χ3n) is 5.73. The van der Waals surface area contributed by atoms with E-state index < -0.39 is 0 Å². The van der Waals surface area contributed by atoms with Crippen LogP contribution in [0.25, 0.3) is 0 Å². The molecule has 1 saturated carbocycles. The van der Waals surface area contributed by atoms with Gasteiger partial charge in [0.25, 0.3) is 0 Å². The van der Waals surface area contributed by atoms with Gasteiger partial charge in [0.1, 0.15) is 11.5 Å². The first-order valence-electron chi connectivity index (χ1n) is 10.5. The molecule has 1 aliphatic carbocycles. The molecule has 154 valence electrons. The number of phenolic OH excluding ortho intramolecular Hbond substituents is 1. The van der Waals surface area contributed by atoms with Gasteiger partial charge in [0.15, 0.2) is 5.96 Å². The molecule has 0 amide bonds. The second-order valence-corrected chi connectivity index (χ2v) is 7.74. The number of rotatable bonds is 4. The normalized spacial score (nSPS) is 18.2. The van der Waals surface area contributed by atoms with Crippen molar-refractivity contribution in [3.05, 3.63) is 48.5 Å². The van der Waals surface area contributed by atoms with E-state index in [0.29, 0.717) is 6.04 Å². The summed E-state index contributed by atoms with van der Waals surface area (Å²) in [5.41, 5.74) is 2.07. The Labute approximate surface area is 172 Å². The number of hydrogen-bond donors (Lipinski definition) is 2. The first-order chi connectivity index (χ1) is 14.2. The molecule has 1 heterocycles. The summed E-state index contributed by atoms with van der Waals surface area (Å²) in [6, 6.07) is 15.9. The van der Waals surface area contributed by atoms with Crippen LogP contribution in [-0.4, -0.2) is 55.3 Å². The average molecular weight is 395 g/mol. The topological polar surface area (TPSA) is 60.3 Å². The lowest BCUT2D eigenvalue weighted by atomic mass is 10.2. The Kier molecular flexibility index (Phi) is 6.08. The standard InChI is InChI=1S/C23H30N4O2/c1-29-22-11-5-9-20(17-22)26-12-14-27(15-13-26)23(24-18-6-2-3-7-18)25-19-8-4-10-21(28)16-19/h4-5,8-11,16-18,28H,2-3,6-7,12-15H2,1H3,(H,24,25). The summed E-state index contributed by atoms with van der Waals surface area (Å²) in [5, 5.41) is 13.3. The molecular weight excluding hydrogens is 364 g/mol. The van der Waals surface area contributed by atoms with Crippen LogP contribution in [0.2, 0.25) is 0 Å². The molecule has 0 atom stereocenters. The molecule has 0 unspecified atom stereocenters. The van der Waals surface area contributed by atoms with Crippen molar-refractivity contribution in [2.75, 3.05) is 43.5 Å². The van der Waals surface area contributed by atoms with Gasteiger partial charge in [-0.25, -0.2) is 4.99 Å². The largest absolute Gasteiger partial charge is 0.508 e. The fraction of sp³-hybridized carbons (Fsp3) is 0.435. The van der Waals surface area contributed by atoms with Crippen molar-refractivity contribution in [3.8, 4) is 11.5 Å². The third-order valence-corrected chi connectivity index (χ3v) is 5.73. The van der Waals surface area contributed by atoms with Gasteiger partial charge in [-0.1, -0.05) is 25.0 Å². The number of ether oxygens (including phenoxy) is 1. The van der Waals surface area contributed by atoms with Crippen LogP contribution in [0, 0.1) is 0 Å². The Morgan fingerprint density at radius 2 is 1.79 bits per heavy atom. The quantitative estimate of drug-likeness (QED) is 0.608. The summed E-state index contributed by atoms with van der Waals surface area (Å²) in [4.78, 5) is 9.78. The van der Waals surface area contributed by atoms with Gasteiger partial charge in [0.05, 0.1) is 13.2 Å². The summed E-state index contributed by atoms with van der Waals surface area (Å²) in [7, 11) is 1.70. The molecule has 2 aromatic rings. The van der Waals surface area contributed by atoms with Crippen molar-refractivity contribution >= 4 is 17.3 Å². The smallest absolute Gasteiger partial charge is 0.198 e. The number of nitrogens with zero attached hydrogens (tertiary/aromatic N) is 3. The lowest BCUT2D eigenvalue weighted by Gasteiger charge is -2.38. The van der Waals surface area contributed by atoms with Gasteiger partial charge in [0.2, 0.25) is 0 Å². The van der Waals surface area contributed by atoms with Crippen LogP contribution in [-0.2, 0) is 0 Å². The van der Waals surface area contributed by atoms with Gasteiger partial charge in [-0.2, -0.15) is 0 Å². The highest BCUT2D eigenvalue weighted by Crippen LogP contribution is 2.25. The average Bonchev–Trinajstić information content (AvgIpc) is 3.27. The number of hydrogen-bond acceptors (Lipinski definition) is 4. The zero-order chi connectivity index (χ0) is 20.1. The van der Waals surface area contributed by atoms with Gasteiger partial charge in [0, 0.05) is 49.7 Å². The highest BCUT2D eigenvalue weighted by atomic mass is 16.5. The number of aromatic hydroxyl groups is 1. The van der Waals surface area contributed by atoms with Crippen LogP contribution in [0.15, 0.2) is 53.5 Å². The maximum Gasteiger partial charge on any atom is 0.198 e. The fourth-order valence-electron chi connectivity index (χ4n) is 4.10. The van der Waals surface area contributed by atoms with E-state index in [1.54, 1.807) is 19.2 Å². The Morgan fingerprint density at radius 1 is 1.03 bits per heavy atom. The van der Waals surface area contributed by atoms with Gasteiger partial charge >= 0.3 is 0 Å². The van der Waals surface area contributed by atoms with Gasteiger partial charge in [-0.05, 0) is 37.1 Å². The molecule has 0 spiro atoms. The van der Waals surface area contributed by atoms with Crippen molar-refractivity contribution in [1.82, 2.24) is 4.90 Å². The van der Waals surface area contributed by atoms with Crippen LogP contribution in [0.5, 0.6) is 11.5 Å². The van der Waals surface area contributed by atoms with Gasteiger partial charge < -0.3 is 25.0 Å². The molecule has 1 aliphatic heterocycles. The molecule has 1 saturated heterocycles. The summed E-state index contributed by atoms with van der Waals surface area (Å²) < 4.78 is 5.37. The number of aliphatic imine (C=N–C) groups is 1. The monoisotopic (exact) mass is 394 g/mol. The maximum absolute atomic E-state index is 9.81. The second kappa shape index (κ2) is 9.07. The molecule has 4 rings (SSSR count). The van der Waals surface area contributed by atoms with Crippen LogP contribution in [0.1, 0.15) is 25.7 Å². The number of guanidine groups is 1. The van der Waals surface area contributed by atoms with E-state index in [9.17, 15) is 5.11 Å². The van der Waals surface area contributed by atoms with Crippen molar-refractivity contribution in [1.29, 1.82) is 0 Å². The SMILES string of the molecule is COc1cccc(N2CCN(C(=NC3CCCC3)Nc3cccc(O)c3)CC2)c1. The van der Waals surface area contributed by atoms with Crippen molar-refractivity contribution in [3.63, 3.8) is 0 Å². The Morgan fingerprint density at radius 3 is 2.52 bits per heavy atom. The molecule has 2 aromatic carbocycles. The van der Waals surface area contributed by atoms with Crippen LogP contribution in [0.3, 0.4) is 0 Å². The van der Waals surface area contributed by atoms with Crippen molar-refractivity contribution in [2.45, 2.75) is 31.7 Å². The summed E-state index contributed by atoms with van der Waals surface area (Å²) >= 11 is 0. The molecule has 2 fully saturated rings. The molecule has 2 N–H and O–H groups in total. The summed E-state index contributed by atoms with van der Waals surface area (Å²) in [5.74, 6) is 2.07. The molecule has 2 aliphatic rings. The minimum atomic E-state index is 0.262. The van der Waals surface area contributed by atoms with Crippen molar-refractivity contribution < 1.29 is 9.84 Å². The number of phenols is 1. The number of piperazine rings is 1. The summed E-state index contributed by atoms with van der Waals surface area (Å²) in [6.07, 6.45) is 4.85. The van der Waals surface area contributed by atoms with Gasteiger partial charge in [-0.3, -0.25) is 0 Å². The predicted molar refractivity (Wildman–Crippen MR) is 118 cm³/mol. The van der Waals surface area contributed by atoms with Crippen LogP contribution < -0.4 is 15.0 Å². The van der Waals surface area contributed by atoms with E-state index in [1.807, 2.05) is 24.3 Å². The fourth-order valence-corrected chi connectivity index (χ4v) is 4.10. The highest BCUT2D eigenvalue weighted by molar-refractivity contribution is 5.94. The highest BCUT2D eigenvalue weighted by Gasteiger charge is 2.23. The first-order valence-corrected chi connectivity index (χ1v) is 10.5. The minimum absolute atomic E-state index is 0.262. The molecular formula is C23H30N4O2. The van der Waals surface area contributed by atoms with E-state index in [-0.39, 0.29) is 5.75 Å². The van der Waals surface area contributed by atoms with Crippen molar-refractivity contribution in [2.24, 2.45) is 4.99 Å². The number of benzene rings is 2. The number of methoxy groups -OCH3 is 1. The Hall–Kier alpha value is -2.89. The zero-order valence-electron chi connectivity index (χ0n) is 17.1. The van der Waals surface area contributed by atoms with Crippen LogP contribution in [0.4, 0.5) is 11.4 Å². The third kappa shape index (κ3) is 4.94. The molecule has 6 nitrogen and oxygen atoms in total. The lowest BCUT2D eigenvalue weighted by Crippen LogP contribution is -2.51. The van der Waals surface area contributed by atoms with E-state index in [1.165, 1.54) is 18.5 Å². The molecule has 6 heteroatoms. The second-order valence-electron chi connectivity index (χ2n) is 7.74. The molecule has 0 aromatic heterocycles. The first kappa shape index (κ1) is 19.4. The maximum atomic E-state index is 9.81. The molecule has 0 bridgehead atoms. The predicted octanol–water partition coefficient (Wildman–Crippen LogP) is 3.93. The van der Waals surface area contributed by atoms with E-state index in [0.717, 1.165) is 56.4 Å². The van der Waals surface area contributed by atoms with E-state index in [4.69, 9.17) is 9.73 Å². The lowest BCUT2D eigenvalue weighted by molar-refractivity contribution is 0.381. The number of nitrogens with one attached hydrogen (secondary N) is 1. The number of anilines is 2. The molecule has 29 heavy (non-hydrogen) atoms. The minimum Gasteiger partial charge on any atom is -0.508 e. The van der Waals surface area contributed by atoms with E-state index >= 15 is 0 Å². The van der Waals surface area contributed by atoms with Crippen LogP contribution >= 0.6 is 0 Å². The molecule has 0 radical (unpaired) electrons. The Balaban J connectivity index is 1.47. The zero-order valence-corrected chi connectivity index (χ0v) is 17.1.